The standard InChI is InChI=1S/C19H19ClN2O/c20-17-8-4-3-7-15(17)19-16-10-9-13-5-1-2-6-14(13)18(16)21-22(19)11-12-23/h1-8,16,19,23H,9-12H2/t16-,19-/m0/s1. The molecule has 0 saturated heterocycles. The van der Waals surface area contributed by atoms with E-state index in [1.54, 1.807) is 0 Å². The molecule has 1 aliphatic heterocycles. The van der Waals surface area contributed by atoms with Gasteiger partial charge in [0, 0.05) is 16.5 Å². The van der Waals surface area contributed by atoms with Crippen molar-refractivity contribution < 1.29 is 5.11 Å². The number of hydrazone groups is 1. The number of aliphatic hydroxyl groups excluding tert-OH is 1. The molecule has 0 amide bonds. The van der Waals surface area contributed by atoms with Gasteiger partial charge in [0.1, 0.15) is 0 Å². The van der Waals surface area contributed by atoms with Gasteiger partial charge in [-0.25, -0.2) is 0 Å². The van der Waals surface area contributed by atoms with Crippen molar-refractivity contribution in [3.05, 3.63) is 70.2 Å². The van der Waals surface area contributed by atoms with Crippen LogP contribution in [0.4, 0.5) is 0 Å². The van der Waals surface area contributed by atoms with E-state index in [2.05, 4.69) is 30.3 Å². The number of halogens is 1. The minimum Gasteiger partial charge on any atom is -0.394 e. The first-order valence-corrected chi connectivity index (χ1v) is 8.46. The van der Waals surface area contributed by atoms with Gasteiger partial charge in [-0.1, -0.05) is 54.1 Å². The Balaban J connectivity index is 1.79. The number of hydrogen-bond acceptors (Lipinski definition) is 3. The van der Waals surface area contributed by atoms with E-state index < -0.39 is 0 Å². The van der Waals surface area contributed by atoms with Crippen molar-refractivity contribution in [2.45, 2.75) is 18.9 Å². The van der Waals surface area contributed by atoms with Crippen LogP contribution in [0.25, 0.3) is 0 Å². The minimum atomic E-state index is 0.0894. The molecule has 0 saturated carbocycles. The monoisotopic (exact) mass is 326 g/mol. The third kappa shape index (κ3) is 2.44. The summed E-state index contributed by atoms with van der Waals surface area (Å²) >= 11 is 6.46. The van der Waals surface area contributed by atoms with Crippen molar-refractivity contribution >= 4 is 17.3 Å². The number of nitrogens with zero attached hydrogens (tertiary/aromatic N) is 2. The zero-order chi connectivity index (χ0) is 15.8. The number of benzene rings is 2. The third-order valence-electron chi connectivity index (χ3n) is 4.86. The summed E-state index contributed by atoms with van der Waals surface area (Å²) in [5.41, 5.74) is 4.86. The van der Waals surface area contributed by atoms with Crippen LogP contribution in [-0.2, 0) is 6.42 Å². The lowest BCUT2D eigenvalue weighted by Crippen LogP contribution is -2.30. The predicted octanol–water partition coefficient (Wildman–Crippen LogP) is 3.66. The number of aliphatic hydroxyl groups is 1. The molecule has 0 spiro atoms. The summed E-state index contributed by atoms with van der Waals surface area (Å²) in [5, 5.41) is 17.1. The Bertz CT molecular complexity index is 759. The average molecular weight is 327 g/mol. The molecule has 0 unspecified atom stereocenters. The van der Waals surface area contributed by atoms with Gasteiger partial charge in [0.2, 0.25) is 0 Å². The Hall–Kier alpha value is -1.84. The third-order valence-corrected chi connectivity index (χ3v) is 5.20. The van der Waals surface area contributed by atoms with E-state index in [0.717, 1.165) is 29.1 Å². The van der Waals surface area contributed by atoms with Crippen LogP contribution in [0.15, 0.2) is 53.6 Å². The maximum Gasteiger partial charge on any atom is 0.0820 e. The van der Waals surface area contributed by atoms with Crippen molar-refractivity contribution in [3.63, 3.8) is 0 Å². The fourth-order valence-electron chi connectivity index (χ4n) is 3.86. The fourth-order valence-corrected chi connectivity index (χ4v) is 4.11. The second-order valence-corrected chi connectivity index (χ2v) is 6.55. The molecule has 118 valence electrons. The van der Waals surface area contributed by atoms with Crippen molar-refractivity contribution in [2.24, 2.45) is 11.0 Å². The van der Waals surface area contributed by atoms with Crippen LogP contribution >= 0.6 is 11.6 Å². The minimum absolute atomic E-state index is 0.0894. The van der Waals surface area contributed by atoms with Gasteiger partial charge in [0.05, 0.1) is 24.9 Å². The van der Waals surface area contributed by atoms with Crippen LogP contribution in [0, 0.1) is 5.92 Å². The quantitative estimate of drug-likeness (QED) is 0.934. The highest BCUT2D eigenvalue weighted by Crippen LogP contribution is 2.44. The number of rotatable bonds is 3. The highest BCUT2D eigenvalue weighted by Gasteiger charge is 2.41. The van der Waals surface area contributed by atoms with E-state index in [1.165, 1.54) is 11.1 Å². The zero-order valence-electron chi connectivity index (χ0n) is 12.8. The molecule has 1 N–H and O–H groups in total. The van der Waals surface area contributed by atoms with E-state index in [-0.39, 0.29) is 12.6 Å². The van der Waals surface area contributed by atoms with Crippen molar-refractivity contribution in [2.75, 3.05) is 13.2 Å². The second-order valence-electron chi connectivity index (χ2n) is 6.14. The van der Waals surface area contributed by atoms with Crippen LogP contribution in [0.3, 0.4) is 0 Å². The van der Waals surface area contributed by atoms with E-state index >= 15 is 0 Å². The maximum atomic E-state index is 9.45. The Kier molecular flexibility index (Phi) is 3.83. The Labute approximate surface area is 141 Å². The molecule has 2 aliphatic rings. The predicted molar refractivity (Wildman–Crippen MR) is 92.8 cm³/mol. The van der Waals surface area contributed by atoms with Crippen molar-refractivity contribution in [3.8, 4) is 0 Å². The normalized spacial score (nSPS) is 22.5. The molecule has 4 heteroatoms. The van der Waals surface area contributed by atoms with Crippen LogP contribution in [0.5, 0.6) is 0 Å². The van der Waals surface area contributed by atoms with Gasteiger partial charge >= 0.3 is 0 Å². The summed E-state index contributed by atoms with van der Waals surface area (Å²) < 4.78 is 0. The topological polar surface area (TPSA) is 35.8 Å². The van der Waals surface area contributed by atoms with Gasteiger partial charge < -0.3 is 5.11 Å². The van der Waals surface area contributed by atoms with E-state index in [0.29, 0.717) is 12.5 Å². The number of aryl methyl sites for hydroxylation is 1. The number of hydrogen-bond donors (Lipinski definition) is 1. The first-order chi connectivity index (χ1) is 11.3. The Morgan fingerprint density at radius 2 is 1.91 bits per heavy atom. The van der Waals surface area contributed by atoms with Gasteiger partial charge in [-0.3, -0.25) is 5.01 Å². The Morgan fingerprint density at radius 3 is 2.74 bits per heavy atom. The maximum absolute atomic E-state index is 9.45. The summed E-state index contributed by atoms with van der Waals surface area (Å²) in [7, 11) is 0. The lowest BCUT2D eigenvalue weighted by molar-refractivity contribution is 0.152. The molecule has 0 aromatic heterocycles. The molecule has 4 rings (SSSR count). The molecule has 0 radical (unpaired) electrons. The number of β-amino-alcohol motifs (C(OH)–C–C–N with tert-alkyl or cyclic N) is 1. The molecule has 2 aromatic carbocycles. The lowest BCUT2D eigenvalue weighted by Gasteiger charge is -2.30. The first-order valence-electron chi connectivity index (χ1n) is 8.08. The first kappa shape index (κ1) is 14.7. The number of fused-ring (bicyclic) bond motifs is 3. The van der Waals surface area contributed by atoms with Gasteiger partial charge in [-0.05, 0) is 30.0 Å². The summed E-state index contributed by atoms with van der Waals surface area (Å²) in [6, 6.07) is 16.6. The SMILES string of the molecule is OCCN1N=C2c3ccccc3CC[C@@H]2[C@@H]1c1ccccc1Cl. The molecule has 0 fully saturated rings. The molecule has 2 aromatic rings. The molecule has 1 heterocycles. The van der Waals surface area contributed by atoms with Crippen LogP contribution in [0.2, 0.25) is 5.02 Å². The fraction of sp³-hybridized carbons (Fsp3) is 0.316. The van der Waals surface area contributed by atoms with E-state index in [9.17, 15) is 5.11 Å². The second kappa shape index (κ2) is 5.99. The summed E-state index contributed by atoms with van der Waals surface area (Å²) in [6.45, 7) is 0.615. The molecule has 3 nitrogen and oxygen atoms in total. The van der Waals surface area contributed by atoms with Crippen LogP contribution in [0.1, 0.15) is 29.2 Å². The van der Waals surface area contributed by atoms with Crippen LogP contribution in [-0.4, -0.2) is 29.0 Å². The molecule has 0 bridgehead atoms. The zero-order valence-corrected chi connectivity index (χ0v) is 13.6. The molecular formula is C19H19ClN2O. The highest BCUT2D eigenvalue weighted by atomic mass is 35.5. The Morgan fingerprint density at radius 1 is 1.13 bits per heavy atom. The largest absolute Gasteiger partial charge is 0.394 e. The van der Waals surface area contributed by atoms with E-state index in [4.69, 9.17) is 16.7 Å². The molecule has 2 atom stereocenters. The highest BCUT2D eigenvalue weighted by molar-refractivity contribution is 6.31. The lowest BCUT2D eigenvalue weighted by atomic mass is 9.77. The summed E-state index contributed by atoms with van der Waals surface area (Å²) in [5.74, 6) is 0.330. The van der Waals surface area contributed by atoms with Gasteiger partial charge in [-0.2, -0.15) is 5.10 Å². The summed E-state index contributed by atoms with van der Waals surface area (Å²) in [4.78, 5) is 0. The van der Waals surface area contributed by atoms with Crippen molar-refractivity contribution in [1.82, 2.24) is 5.01 Å². The molecular weight excluding hydrogens is 308 g/mol. The van der Waals surface area contributed by atoms with Crippen LogP contribution < -0.4 is 0 Å². The van der Waals surface area contributed by atoms with Gasteiger partial charge in [0.25, 0.3) is 0 Å². The van der Waals surface area contributed by atoms with Gasteiger partial charge in [0.15, 0.2) is 0 Å². The smallest absolute Gasteiger partial charge is 0.0820 e. The molecule has 1 aliphatic carbocycles. The van der Waals surface area contributed by atoms with Gasteiger partial charge in [-0.15, -0.1) is 0 Å². The average Bonchev–Trinajstić information content (AvgIpc) is 2.94. The van der Waals surface area contributed by atoms with Crippen molar-refractivity contribution in [1.29, 1.82) is 0 Å². The summed E-state index contributed by atoms with van der Waals surface area (Å²) in [6.07, 6.45) is 2.13. The molecule has 23 heavy (non-hydrogen) atoms. The van der Waals surface area contributed by atoms with E-state index in [1.807, 2.05) is 23.2 Å².